The molecule has 0 bridgehead atoms. The van der Waals surface area contributed by atoms with E-state index >= 15 is 0 Å². The van der Waals surface area contributed by atoms with Gasteiger partial charge in [-0.15, -0.1) is 11.3 Å². The molecule has 0 aliphatic heterocycles. The Morgan fingerprint density at radius 1 is 1.46 bits per heavy atom. The summed E-state index contributed by atoms with van der Waals surface area (Å²) >= 11 is 1.45. The van der Waals surface area contributed by atoms with Gasteiger partial charge in [0.25, 0.3) is 0 Å². The average molecular weight is 191 g/mol. The van der Waals surface area contributed by atoms with Crippen LogP contribution in [-0.2, 0) is 0 Å². The van der Waals surface area contributed by atoms with Crippen LogP contribution in [0.5, 0.6) is 5.88 Å². The van der Waals surface area contributed by atoms with Crippen LogP contribution in [0.15, 0.2) is 24.5 Å². The van der Waals surface area contributed by atoms with E-state index in [4.69, 9.17) is 4.74 Å². The highest BCUT2D eigenvalue weighted by Crippen LogP contribution is 2.28. The van der Waals surface area contributed by atoms with E-state index < -0.39 is 0 Å². The maximum atomic E-state index is 5.11. The molecule has 0 saturated heterocycles. The second-order valence-electron chi connectivity index (χ2n) is 2.34. The maximum absolute atomic E-state index is 5.11. The number of nitrogens with zero attached hydrogens (tertiary/aromatic N) is 2. The minimum atomic E-state index is 0.603. The Morgan fingerprint density at radius 3 is 3.08 bits per heavy atom. The molecule has 0 aliphatic carbocycles. The molecule has 0 N–H and O–H groups in total. The largest absolute Gasteiger partial charge is 0.480 e. The number of rotatable bonds is 2. The Balaban J connectivity index is 2.51. The molecule has 0 amide bonds. The van der Waals surface area contributed by atoms with Gasteiger partial charge in [-0.2, -0.15) is 0 Å². The van der Waals surface area contributed by atoms with Crippen LogP contribution >= 0.6 is 11.3 Å². The van der Waals surface area contributed by atoms with Gasteiger partial charge in [0, 0.05) is 12.4 Å². The summed E-state index contributed by atoms with van der Waals surface area (Å²) < 4.78 is 5.11. The molecule has 0 unspecified atom stereocenters. The van der Waals surface area contributed by atoms with Crippen molar-refractivity contribution in [3.05, 3.63) is 29.9 Å². The van der Waals surface area contributed by atoms with Crippen molar-refractivity contribution in [2.45, 2.75) is 0 Å². The van der Waals surface area contributed by atoms with Gasteiger partial charge in [0.2, 0.25) is 5.88 Å². The molecule has 1 radical (unpaired) electrons. The molecule has 2 aromatic rings. The van der Waals surface area contributed by atoms with Crippen molar-refractivity contribution >= 4 is 11.3 Å². The molecule has 0 aliphatic rings. The molecule has 65 valence electrons. The predicted molar refractivity (Wildman–Crippen MR) is 50.7 cm³/mol. The molecular weight excluding hydrogens is 184 g/mol. The van der Waals surface area contributed by atoms with Crippen molar-refractivity contribution in [1.82, 2.24) is 9.97 Å². The molecular formula is C9H7N2OS. The zero-order chi connectivity index (χ0) is 9.10. The lowest BCUT2D eigenvalue weighted by molar-refractivity contribution is 0.399. The van der Waals surface area contributed by atoms with E-state index in [1.807, 2.05) is 12.1 Å². The molecule has 0 atom stereocenters. The Kier molecular flexibility index (Phi) is 2.23. The first-order valence-corrected chi connectivity index (χ1v) is 4.54. The smallest absolute Gasteiger partial charge is 0.223 e. The number of aromatic nitrogens is 2. The summed E-state index contributed by atoms with van der Waals surface area (Å²) in [6, 6.07) is 3.79. The molecule has 0 fully saturated rings. The van der Waals surface area contributed by atoms with E-state index in [0.29, 0.717) is 5.88 Å². The van der Waals surface area contributed by atoms with E-state index in [2.05, 4.69) is 15.3 Å². The quantitative estimate of drug-likeness (QED) is 0.728. The van der Waals surface area contributed by atoms with Crippen LogP contribution in [0, 0.1) is 5.38 Å². The van der Waals surface area contributed by atoms with Crippen LogP contribution in [0.1, 0.15) is 0 Å². The molecule has 0 spiro atoms. The van der Waals surface area contributed by atoms with Crippen LogP contribution < -0.4 is 4.74 Å². The first-order chi connectivity index (χ1) is 6.42. The van der Waals surface area contributed by atoms with Gasteiger partial charge >= 0.3 is 0 Å². The lowest BCUT2D eigenvalue weighted by Crippen LogP contribution is -1.89. The van der Waals surface area contributed by atoms with Crippen molar-refractivity contribution in [2.75, 3.05) is 7.11 Å². The van der Waals surface area contributed by atoms with E-state index in [9.17, 15) is 0 Å². The summed E-state index contributed by atoms with van der Waals surface area (Å²) in [4.78, 5) is 8.22. The molecule has 3 nitrogen and oxygen atoms in total. The van der Waals surface area contributed by atoms with Crippen molar-refractivity contribution in [2.24, 2.45) is 0 Å². The van der Waals surface area contributed by atoms with Crippen molar-refractivity contribution in [3.8, 4) is 16.5 Å². The van der Waals surface area contributed by atoms with Gasteiger partial charge in [0.05, 0.1) is 18.1 Å². The number of hydrogen-bond acceptors (Lipinski definition) is 4. The zero-order valence-corrected chi connectivity index (χ0v) is 7.84. The number of thiazole rings is 1. The van der Waals surface area contributed by atoms with Crippen molar-refractivity contribution in [3.63, 3.8) is 0 Å². The second-order valence-corrected chi connectivity index (χ2v) is 3.17. The number of pyridine rings is 1. The first kappa shape index (κ1) is 8.19. The van der Waals surface area contributed by atoms with Gasteiger partial charge in [-0.25, -0.2) is 9.97 Å². The van der Waals surface area contributed by atoms with Crippen LogP contribution in [0.4, 0.5) is 0 Å². The Bertz CT molecular complexity index is 386. The Hall–Kier alpha value is -1.42. The summed E-state index contributed by atoms with van der Waals surface area (Å²) in [6.07, 6.45) is 3.34. The maximum Gasteiger partial charge on any atom is 0.223 e. The topological polar surface area (TPSA) is 35.0 Å². The fourth-order valence-electron chi connectivity index (χ4n) is 1.03. The normalized spacial score (nSPS) is 9.92. The van der Waals surface area contributed by atoms with Crippen LogP contribution in [-0.4, -0.2) is 17.1 Å². The number of methoxy groups -OCH3 is 1. The molecule has 0 saturated carbocycles. The zero-order valence-electron chi connectivity index (χ0n) is 7.02. The minimum absolute atomic E-state index is 0.603. The predicted octanol–water partition coefficient (Wildman–Crippen LogP) is 2.01. The van der Waals surface area contributed by atoms with Gasteiger partial charge in [-0.3, -0.25) is 0 Å². The lowest BCUT2D eigenvalue weighted by Gasteiger charge is -2.02. The summed E-state index contributed by atoms with van der Waals surface area (Å²) in [6.45, 7) is 0. The van der Waals surface area contributed by atoms with Gasteiger partial charge in [0.1, 0.15) is 5.01 Å². The molecule has 2 heterocycles. The highest BCUT2D eigenvalue weighted by Gasteiger charge is 2.07. The van der Waals surface area contributed by atoms with Crippen molar-refractivity contribution in [1.29, 1.82) is 0 Å². The molecule has 2 aromatic heterocycles. The Labute approximate surface area is 80.0 Å². The van der Waals surface area contributed by atoms with E-state index in [1.54, 1.807) is 19.5 Å². The molecule has 13 heavy (non-hydrogen) atoms. The third-order valence-corrected chi connectivity index (χ3v) is 2.33. The summed E-state index contributed by atoms with van der Waals surface area (Å²) in [5, 5.41) is 3.81. The summed E-state index contributed by atoms with van der Waals surface area (Å²) in [5.41, 5.74) is 0.913. The van der Waals surface area contributed by atoms with Gasteiger partial charge in [-0.05, 0) is 12.1 Å². The molecule has 0 aromatic carbocycles. The SMILES string of the molecule is COc1ncccc1-c1nc[c]s1. The number of ether oxygens (including phenoxy) is 1. The minimum Gasteiger partial charge on any atom is -0.480 e. The summed E-state index contributed by atoms with van der Waals surface area (Å²) in [7, 11) is 1.60. The third-order valence-electron chi connectivity index (χ3n) is 1.59. The van der Waals surface area contributed by atoms with E-state index in [-0.39, 0.29) is 0 Å². The van der Waals surface area contributed by atoms with E-state index in [1.165, 1.54) is 11.3 Å². The van der Waals surface area contributed by atoms with Gasteiger partial charge < -0.3 is 4.74 Å². The lowest BCUT2D eigenvalue weighted by atomic mass is 10.3. The monoisotopic (exact) mass is 191 g/mol. The second kappa shape index (κ2) is 3.53. The van der Waals surface area contributed by atoms with Crippen LogP contribution in [0.3, 0.4) is 0 Å². The van der Waals surface area contributed by atoms with Gasteiger partial charge in [0.15, 0.2) is 0 Å². The van der Waals surface area contributed by atoms with Gasteiger partial charge in [-0.1, -0.05) is 0 Å². The molecule has 2 rings (SSSR count). The molecule has 4 heteroatoms. The third kappa shape index (κ3) is 1.53. The van der Waals surface area contributed by atoms with Crippen LogP contribution in [0.25, 0.3) is 10.6 Å². The fraction of sp³-hybridized carbons (Fsp3) is 0.111. The van der Waals surface area contributed by atoms with E-state index in [0.717, 1.165) is 10.6 Å². The number of hydrogen-bond donors (Lipinski definition) is 0. The standard InChI is InChI=1S/C9H7N2OS/c1-12-8-7(3-2-4-10-8)9-11-5-6-13-9/h2-5H,1H3. The fourth-order valence-corrected chi connectivity index (χ4v) is 1.62. The highest BCUT2D eigenvalue weighted by atomic mass is 32.1. The Morgan fingerprint density at radius 2 is 2.38 bits per heavy atom. The summed E-state index contributed by atoms with van der Waals surface area (Å²) in [5.74, 6) is 0.603. The highest BCUT2D eigenvalue weighted by molar-refractivity contribution is 7.12. The van der Waals surface area contributed by atoms with Crippen LogP contribution in [0.2, 0.25) is 0 Å². The average Bonchev–Trinajstić information content (AvgIpc) is 2.70. The first-order valence-electron chi connectivity index (χ1n) is 3.73. The van der Waals surface area contributed by atoms with Crippen molar-refractivity contribution < 1.29 is 4.74 Å².